The molecule has 0 radical (unpaired) electrons. The first-order chi connectivity index (χ1) is 17.1. The number of H-pyrrole nitrogens is 1. The Kier molecular flexibility index (Phi) is 5.02. The molecule has 3 fully saturated rings. The van der Waals surface area contributed by atoms with Gasteiger partial charge in [0.2, 0.25) is 0 Å². The van der Waals surface area contributed by atoms with E-state index < -0.39 is 5.60 Å². The molecule has 2 aromatic carbocycles. The van der Waals surface area contributed by atoms with E-state index in [1.165, 1.54) is 29.4 Å². The molecule has 3 N–H and O–H groups in total. The predicted octanol–water partition coefficient (Wildman–Crippen LogP) is 3.62. The van der Waals surface area contributed by atoms with Crippen LogP contribution in [0.5, 0.6) is 5.75 Å². The quantitative estimate of drug-likeness (QED) is 0.529. The summed E-state index contributed by atoms with van der Waals surface area (Å²) in [7, 11) is 0. The number of nitrogens with zero attached hydrogens (tertiary/aromatic N) is 3. The predicted molar refractivity (Wildman–Crippen MR) is 137 cm³/mol. The average Bonchev–Trinajstić information content (AvgIpc) is 3.61. The van der Waals surface area contributed by atoms with Crippen molar-refractivity contribution in [1.82, 2.24) is 20.0 Å². The second-order valence-electron chi connectivity index (χ2n) is 11.6. The number of para-hydroxylation sites is 1. The van der Waals surface area contributed by atoms with Crippen LogP contribution in [0.3, 0.4) is 0 Å². The number of rotatable bonds is 5. The molecule has 1 aromatic heterocycles. The molecule has 0 spiro atoms. The van der Waals surface area contributed by atoms with Crippen LogP contribution in [0.15, 0.2) is 42.5 Å². The highest BCUT2D eigenvalue weighted by atomic mass is 16.3. The van der Waals surface area contributed by atoms with Crippen LogP contribution < -0.4 is 0 Å². The zero-order valence-electron chi connectivity index (χ0n) is 20.4. The van der Waals surface area contributed by atoms with E-state index >= 15 is 0 Å². The Morgan fingerprint density at radius 3 is 2.74 bits per heavy atom. The second-order valence-corrected chi connectivity index (χ2v) is 11.6. The number of hydrogen-bond acceptors (Lipinski definition) is 5. The molecule has 2 aliphatic carbocycles. The Morgan fingerprint density at radius 1 is 1.03 bits per heavy atom. The first kappa shape index (κ1) is 21.8. The van der Waals surface area contributed by atoms with Crippen molar-refractivity contribution in [3.63, 3.8) is 0 Å². The minimum Gasteiger partial charge on any atom is -0.508 e. The molecule has 3 heterocycles. The number of aromatic nitrogens is 2. The van der Waals surface area contributed by atoms with E-state index in [2.05, 4.69) is 44.3 Å². The molecule has 1 saturated carbocycles. The third-order valence-electron chi connectivity index (χ3n) is 9.74. The van der Waals surface area contributed by atoms with Crippen molar-refractivity contribution in [2.24, 2.45) is 5.92 Å². The van der Waals surface area contributed by atoms with Crippen molar-refractivity contribution in [2.75, 3.05) is 32.7 Å². The van der Waals surface area contributed by atoms with Crippen molar-refractivity contribution in [1.29, 1.82) is 0 Å². The van der Waals surface area contributed by atoms with Gasteiger partial charge in [-0.1, -0.05) is 24.3 Å². The zero-order chi connectivity index (χ0) is 23.6. The summed E-state index contributed by atoms with van der Waals surface area (Å²) in [6.07, 6.45) is 7.18. The van der Waals surface area contributed by atoms with Gasteiger partial charge in [-0.25, -0.2) is 0 Å². The van der Waals surface area contributed by atoms with Crippen LogP contribution in [-0.2, 0) is 18.3 Å². The molecule has 0 amide bonds. The topological polar surface area (TPSA) is 75.6 Å². The Hall–Kier alpha value is -2.41. The van der Waals surface area contributed by atoms with Crippen LogP contribution in [0.1, 0.15) is 48.9 Å². The van der Waals surface area contributed by atoms with Crippen LogP contribution in [-0.4, -0.2) is 74.6 Å². The number of fused-ring (bicyclic) bond motifs is 2. The Balaban J connectivity index is 1.18. The number of aromatic hydroxyl groups is 1. The summed E-state index contributed by atoms with van der Waals surface area (Å²) in [4.78, 5) is 5.16. The maximum Gasteiger partial charge on any atom is 0.115 e. The molecule has 3 aromatic rings. The summed E-state index contributed by atoms with van der Waals surface area (Å²) in [5.74, 6) is 1.14. The maximum atomic E-state index is 12.6. The first-order valence-corrected chi connectivity index (χ1v) is 13.5. The molecule has 4 aliphatic rings. The normalized spacial score (nSPS) is 31.2. The van der Waals surface area contributed by atoms with Crippen molar-refractivity contribution in [3.05, 3.63) is 59.3 Å². The molecule has 2 aliphatic heterocycles. The molecule has 7 rings (SSSR count). The van der Waals surface area contributed by atoms with Crippen LogP contribution in [0.4, 0.5) is 0 Å². The van der Waals surface area contributed by atoms with E-state index in [1.54, 1.807) is 0 Å². The molecule has 3 unspecified atom stereocenters. The third kappa shape index (κ3) is 3.45. The molecule has 35 heavy (non-hydrogen) atoms. The van der Waals surface area contributed by atoms with Gasteiger partial charge in [0.15, 0.2) is 0 Å². The molecule has 2 bridgehead atoms. The number of phenols is 1. The minimum atomic E-state index is -0.755. The molecular weight excluding hydrogens is 436 g/mol. The van der Waals surface area contributed by atoms with Crippen LogP contribution in [0, 0.1) is 5.92 Å². The van der Waals surface area contributed by atoms with Crippen LogP contribution in [0.2, 0.25) is 0 Å². The molecule has 184 valence electrons. The summed E-state index contributed by atoms with van der Waals surface area (Å²) in [6, 6.07) is 14.4. The molecule has 6 nitrogen and oxygen atoms in total. The third-order valence-corrected chi connectivity index (χ3v) is 9.74. The van der Waals surface area contributed by atoms with E-state index in [0.717, 1.165) is 82.0 Å². The van der Waals surface area contributed by atoms with Gasteiger partial charge >= 0.3 is 0 Å². The number of phenolic OH excluding ortho intramolecular Hbond substituents is 1. The SMILES string of the molecule is Oc1ccc2c(c1)C13CCN(CCc4n[nH]c5ccccc45)CCC1(O)C(C2)N(CC1CC1)CC3. The zero-order valence-corrected chi connectivity index (χ0v) is 20.4. The van der Waals surface area contributed by atoms with Gasteiger partial charge in [-0.2, -0.15) is 5.10 Å². The number of aliphatic hydroxyl groups is 1. The monoisotopic (exact) mass is 472 g/mol. The number of nitrogens with one attached hydrogen (secondary N) is 1. The van der Waals surface area contributed by atoms with Gasteiger partial charge in [0.25, 0.3) is 0 Å². The smallest absolute Gasteiger partial charge is 0.115 e. The van der Waals surface area contributed by atoms with Crippen molar-refractivity contribution < 1.29 is 10.2 Å². The molecule has 3 atom stereocenters. The summed E-state index contributed by atoms with van der Waals surface area (Å²) in [5.41, 5.74) is 3.73. The Morgan fingerprint density at radius 2 is 1.86 bits per heavy atom. The molecule has 2 saturated heterocycles. The Bertz CT molecular complexity index is 1250. The fraction of sp³-hybridized carbons (Fsp3) is 0.552. The minimum absolute atomic E-state index is 0.170. The van der Waals surface area contributed by atoms with Gasteiger partial charge in [-0.15, -0.1) is 0 Å². The summed E-state index contributed by atoms with van der Waals surface area (Å²) >= 11 is 0. The van der Waals surface area contributed by atoms with E-state index in [0.29, 0.717) is 5.75 Å². The number of piperidine rings is 1. The lowest BCUT2D eigenvalue weighted by Crippen LogP contribution is -2.71. The number of aromatic amines is 1. The van der Waals surface area contributed by atoms with Gasteiger partial charge in [0.1, 0.15) is 5.75 Å². The molecule has 6 heteroatoms. The van der Waals surface area contributed by atoms with Crippen LogP contribution in [0.25, 0.3) is 10.9 Å². The van der Waals surface area contributed by atoms with E-state index in [1.807, 2.05) is 18.2 Å². The highest BCUT2D eigenvalue weighted by molar-refractivity contribution is 5.81. The average molecular weight is 473 g/mol. The van der Waals surface area contributed by atoms with Gasteiger partial charge in [0, 0.05) is 42.9 Å². The molecular formula is C29H36N4O2. The fourth-order valence-electron chi connectivity index (χ4n) is 7.61. The highest BCUT2D eigenvalue weighted by Crippen LogP contribution is 2.56. The first-order valence-electron chi connectivity index (χ1n) is 13.5. The van der Waals surface area contributed by atoms with Gasteiger partial charge in [0.05, 0.1) is 16.8 Å². The van der Waals surface area contributed by atoms with E-state index in [9.17, 15) is 10.2 Å². The lowest BCUT2D eigenvalue weighted by Gasteiger charge is -2.61. The summed E-state index contributed by atoms with van der Waals surface area (Å²) < 4.78 is 0. The van der Waals surface area contributed by atoms with Crippen molar-refractivity contribution in [2.45, 2.75) is 62.0 Å². The maximum absolute atomic E-state index is 12.6. The summed E-state index contributed by atoms with van der Waals surface area (Å²) in [5, 5.41) is 32.0. The van der Waals surface area contributed by atoms with Gasteiger partial charge in [-0.3, -0.25) is 10.00 Å². The van der Waals surface area contributed by atoms with Crippen molar-refractivity contribution in [3.8, 4) is 5.75 Å². The lowest BCUT2D eigenvalue weighted by atomic mass is 9.52. The van der Waals surface area contributed by atoms with Gasteiger partial charge in [-0.05, 0) is 86.9 Å². The second kappa shape index (κ2) is 8.05. The largest absolute Gasteiger partial charge is 0.508 e. The lowest BCUT2D eigenvalue weighted by molar-refractivity contribution is -0.149. The number of benzene rings is 2. The standard InChI is InChI=1S/C29H36N4O2/c34-22-8-7-21-17-27-29(35)12-15-32(13-9-26-23-3-1-2-4-25(23)30-31-26)14-10-28(29,24(21)18-22)11-16-33(27)19-20-5-6-20/h1-4,7-8,18,20,27,34-35H,5-6,9-17,19H2,(H,30,31). The van der Waals surface area contributed by atoms with Crippen molar-refractivity contribution >= 4 is 10.9 Å². The van der Waals surface area contributed by atoms with Gasteiger partial charge < -0.3 is 15.1 Å². The number of likely N-dealkylation sites (tertiary alicyclic amines) is 2. The highest BCUT2D eigenvalue weighted by Gasteiger charge is 2.63. The Labute approximate surface area is 206 Å². The summed E-state index contributed by atoms with van der Waals surface area (Å²) in [6.45, 7) is 5.01. The fourth-order valence-corrected chi connectivity index (χ4v) is 7.61. The van der Waals surface area contributed by atoms with E-state index in [-0.39, 0.29) is 11.5 Å². The number of hydrogen-bond donors (Lipinski definition) is 3. The van der Waals surface area contributed by atoms with Crippen LogP contribution >= 0.6 is 0 Å². The van der Waals surface area contributed by atoms with E-state index in [4.69, 9.17) is 0 Å².